The Hall–Kier alpha value is -2.10. The highest BCUT2D eigenvalue weighted by atomic mass is 32.2. The predicted molar refractivity (Wildman–Crippen MR) is 82.1 cm³/mol. The van der Waals surface area contributed by atoms with Gasteiger partial charge in [-0.25, -0.2) is 13.1 Å². The maximum absolute atomic E-state index is 12.3. The van der Waals surface area contributed by atoms with E-state index in [4.69, 9.17) is 0 Å². The molecule has 1 heterocycles. The average molecular weight is 324 g/mol. The van der Waals surface area contributed by atoms with Crippen LogP contribution in [0.1, 0.15) is 6.92 Å². The number of benzene rings is 1. The SMILES string of the molecule is CCNCCNS(=O)(=O)c1ccc([N+](=O)[O-])c2cccnc12. The van der Waals surface area contributed by atoms with Gasteiger partial charge in [-0.2, -0.15) is 0 Å². The second kappa shape index (κ2) is 6.77. The number of fused-ring (bicyclic) bond motifs is 1. The molecular formula is C13H16N4O4S. The van der Waals surface area contributed by atoms with E-state index in [1.807, 2.05) is 6.92 Å². The van der Waals surface area contributed by atoms with Gasteiger partial charge in [-0.15, -0.1) is 0 Å². The fourth-order valence-corrected chi connectivity index (χ4v) is 3.23. The van der Waals surface area contributed by atoms with Gasteiger partial charge in [-0.05, 0) is 24.7 Å². The van der Waals surface area contributed by atoms with Gasteiger partial charge in [-0.1, -0.05) is 6.92 Å². The number of non-ortho nitro benzene ring substituents is 1. The lowest BCUT2D eigenvalue weighted by Gasteiger charge is -2.09. The molecule has 1 aromatic heterocycles. The zero-order chi connectivity index (χ0) is 16.2. The van der Waals surface area contributed by atoms with Crippen molar-refractivity contribution in [3.8, 4) is 0 Å². The van der Waals surface area contributed by atoms with Crippen molar-refractivity contribution < 1.29 is 13.3 Å². The van der Waals surface area contributed by atoms with Crippen molar-refractivity contribution in [3.63, 3.8) is 0 Å². The van der Waals surface area contributed by atoms with Gasteiger partial charge in [0.15, 0.2) is 0 Å². The molecule has 0 unspecified atom stereocenters. The van der Waals surface area contributed by atoms with Gasteiger partial charge in [0.05, 0.1) is 15.8 Å². The third-order valence-corrected chi connectivity index (χ3v) is 4.53. The first-order chi connectivity index (χ1) is 10.5. The molecule has 0 atom stereocenters. The van der Waals surface area contributed by atoms with Crippen molar-refractivity contribution in [1.82, 2.24) is 15.0 Å². The Morgan fingerprint density at radius 3 is 2.73 bits per heavy atom. The molecule has 0 amide bonds. The fourth-order valence-electron chi connectivity index (χ4n) is 2.04. The number of rotatable bonds is 7. The number of hydrogen-bond acceptors (Lipinski definition) is 6. The van der Waals surface area contributed by atoms with E-state index < -0.39 is 14.9 Å². The molecule has 8 nitrogen and oxygen atoms in total. The summed E-state index contributed by atoms with van der Waals surface area (Å²) >= 11 is 0. The highest BCUT2D eigenvalue weighted by Gasteiger charge is 2.22. The van der Waals surface area contributed by atoms with E-state index in [1.165, 1.54) is 30.5 Å². The van der Waals surface area contributed by atoms with Gasteiger partial charge >= 0.3 is 0 Å². The first-order valence-corrected chi connectivity index (χ1v) is 8.18. The quantitative estimate of drug-likeness (QED) is 0.447. The molecule has 0 aliphatic heterocycles. The van der Waals surface area contributed by atoms with Crippen molar-refractivity contribution in [2.24, 2.45) is 0 Å². The summed E-state index contributed by atoms with van der Waals surface area (Å²) in [5, 5.41) is 14.2. The summed E-state index contributed by atoms with van der Waals surface area (Å²) in [6.45, 7) is 3.38. The van der Waals surface area contributed by atoms with E-state index in [0.29, 0.717) is 6.54 Å². The Balaban J connectivity index is 2.44. The van der Waals surface area contributed by atoms with Crippen LogP contribution in [-0.2, 0) is 10.0 Å². The summed E-state index contributed by atoms with van der Waals surface area (Å²) < 4.78 is 27.1. The summed E-state index contributed by atoms with van der Waals surface area (Å²) in [6.07, 6.45) is 1.41. The van der Waals surface area contributed by atoms with Crippen LogP contribution in [0.15, 0.2) is 35.4 Å². The molecule has 2 aromatic rings. The maximum Gasteiger partial charge on any atom is 0.278 e. The Morgan fingerprint density at radius 2 is 2.05 bits per heavy atom. The number of nitro benzene ring substituents is 1. The molecule has 0 saturated carbocycles. The summed E-state index contributed by atoms with van der Waals surface area (Å²) in [4.78, 5) is 14.4. The number of sulfonamides is 1. The van der Waals surface area contributed by atoms with Crippen LogP contribution in [0, 0.1) is 10.1 Å². The van der Waals surface area contributed by atoms with E-state index in [-0.39, 0.29) is 28.0 Å². The molecule has 118 valence electrons. The molecule has 22 heavy (non-hydrogen) atoms. The van der Waals surface area contributed by atoms with Gasteiger partial charge in [0.25, 0.3) is 5.69 Å². The summed E-state index contributed by atoms with van der Waals surface area (Å²) in [7, 11) is -3.78. The van der Waals surface area contributed by atoms with Gasteiger partial charge < -0.3 is 5.32 Å². The number of likely N-dealkylation sites (N-methyl/N-ethyl adjacent to an activating group) is 1. The number of pyridine rings is 1. The Labute approximate surface area is 127 Å². The lowest BCUT2D eigenvalue weighted by atomic mass is 10.2. The Bertz CT molecular complexity index is 792. The molecule has 2 N–H and O–H groups in total. The molecule has 0 radical (unpaired) electrons. The van der Waals surface area contributed by atoms with Gasteiger partial charge in [0.2, 0.25) is 10.0 Å². The van der Waals surface area contributed by atoms with Gasteiger partial charge in [0, 0.05) is 25.4 Å². The smallest absolute Gasteiger partial charge is 0.278 e. The molecule has 0 fully saturated rings. The summed E-state index contributed by atoms with van der Waals surface area (Å²) in [5.41, 5.74) is -0.0812. The summed E-state index contributed by atoms with van der Waals surface area (Å²) in [5.74, 6) is 0. The number of nitrogens with one attached hydrogen (secondary N) is 2. The van der Waals surface area contributed by atoms with Crippen LogP contribution in [0.4, 0.5) is 5.69 Å². The van der Waals surface area contributed by atoms with E-state index in [0.717, 1.165) is 6.54 Å². The van der Waals surface area contributed by atoms with Crippen LogP contribution in [0.5, 0.6) is 0 Å². The average Bonchev–Trinajstić information content (AvgIpc) is 2.50. The highest BCUT2D eigenvalue weighted by Crippen LogP contribution is 2.28. The van der Waals surface area contributed by atoms with E-state index in [1.54, 1.807) is 0 Å². The monoisotopic (exact) mass is 324 g/mol. The van der Waals surface area contributed by atoms with Crippen molar-refractivity contribution in [1.29, 1.82) is 0 Å². The van der Waals surface area contributed by atoms with Crippen LogP contribution in [-0.4, -0.2) is 38.0 Å². The number of nitro groups is 1. The van der Waals surface area contributed by atoms with Gasteiger partial charge in [-0.3, -0.25) is 15.1 Å². The Kier molecular flexibility index (Phi) is 5.01. The number of nitrogens with zero attached hydrogens (tertiary/aromatic N) is 2. The largest absolute Gasteiger partial charge is 0.316 e. The standard InChI is InChI=1S/C13H16N4O4S/c1-2-14-8-9-16-22(20,21)12-6-5-11(17(18)19)10-4-3-7-15-13(10)12/h3-7,14,16H,2,8-9H2,1H3. The number of aromatic nitrogens is 1. The second-order valence-corrected chi connectivity index (χ2v) is 6.23. The molecule has 0 bridgehead atoms. The fraction of sp³-hybridized carbons (Fsp3) is 0.308. The van der Waals surface area contributed by atoms with Crippen LogP contribution in [0.3, 0.4) is 0 Å². The molecule has 9 heteroatoms. The minimum absolute atomic E-state index is 0.0646. The second-order valence-electron chi connectivity index (χ2n) is 4.49. The van der Waals surface area contributed by atoms with Crippen LogP contribution in [0.25, 0.3) is 10.9 Å². The zero-order valence-corrected chi connectivity index (χ0v) is 12.8. The third kappa shape index (κ3) is 3.38. The Morgan fingerprint density at radius 1 is 1.27 bits per heavy atom. The third-order valence-electron chi connectivity index (χ3n) is 3.04. The highest BCUT2D eigenvalue weighted by molar-refractivity contribution is 7.89. The van der Waals surface area contributed by atoms with Crippen LogP contribution in [0.2, 0.25) is 0 Å². The van der Waals surface area contributed by atoms with Crippen LogP contribution >= 0.6 is 0 Å². The van der Waals surface area contributed by atoms with Crippen LogP contribution < -0.4 is 10.0 Å². The lowest BCUT2D eigenvalue weighted by Crippen LogP contribution is -2.32. The van der Waals surface area contributed by atoms with Crippen molar-refractivity contribution >= 4 is 26.6 Å². The first kappa shape index (κ1) is 16.3. The van der Waals surface area contributed by atoms with E-state index in [9.17, 15) is 18.5 Å². The molecule has 0 aliphatic carbocycles. The minimum atomic E-state index is -3.78. The van der Waals surface area contributed by atoms with E-state index >= 15 is 0 Å². The predicted octanol–water partition coefficient (Wildman–Crippen LogP) is 1.03. The topological polar surface area (TPSA) is 114 Å². The number of hydrogen-bond donors (Lipinski definition) is 2. The maximum atomic E-state index is 12.3. The molecular weight excluding hydrogens is 308 g/mol. The normalized spacial score (nSPS) is 11.7. The molecule has 0 spiro atoms. The van der Waals surface area contributed by atoms with Crippen molar-refractivity contribution in [2.45, 2.75) is 11.8 Å². The summed E-state index contributed by atoms with van der Waals surface area (Å²) in [6, 6.07) is 5.41. The van der Waals surface area contributed by atoms with Crippen molar-refractivity contribution in [2.75, 3.05) is 19.6 Å². The van der Waals surface area contributed by atoms with Gasteiger partial charge in [0.1, 0.15) is 4.90 Å². The first-order valence-electron chi connectivity index (χ1n) is 6.70. The minimum Gasteiger partial charge on any atom is -0.316 e. The lowest BCUT2D eigenvalue weighted by molar-refractivity contribution is -0.383. The van der Waals surface area contributed by atoms with E-state index in [2.05, 4.69) is 15.0 Å². The molecule has 0 aliphatic rings. The van der Waals surface area contributed by atoms with Crippen molar-refractivity contribution in [3.05, 3.63) is 40.6 Å². The molecule has 2 rings (SSSR count). The molecule has 0 saturated heterocycles. The zero-order valence-electron chi connectivity index (χ0n) is 11.9. The molecule has 1 aromatic carbocycles.